The minimum Gasteiger partial charge on any atom is -0.423 e. The number of carbonyl (C=O) groups excluding carboxylic acids is 1. The first kappa shape index (κ1) is 36.7. The van der Waals surface area contributed by atoms with Crippen LogP contribution in [0, 0.1) is 5.41 Å². The van der Waals surface area contributed by atoms with Crippen molar-refractivity contribution in [3.63, 3.8) is 0 Å². The zero-order valence-corrected chi connectivity index (χ0v) is 23.2. The number of nitrogen functional groups attached to an aromatic ring is 1. The van der Waals surface area contributed by atoms with E-state index in [1.54, 1.807) is 42.5 Å². The molecule has 3 rings (SSSR count). The van der Waals surface area contributed by atoms with Crippen molar-refractivity contribution in [3.05, 3.63) is 71.8 Å². The van der Waals surface area contributed by atoms with Gasteiger partial charge in [-0.3, -0.25) is 14.5 Å². The second kappa shape index (κ2) is 15.7. The van der Waals surface area contributed by atoms with Gasteiger partial charge in [0, 0.05) is 5.56 Å². The molecule has 9 N–H and O–H groups in total. The van der Waals surface area contributed by atoms with Crippen molar-refractivity contribution >= 4 is 79.3 Å². The molecule has 210 valence electrons. The second-order valence-corrected chi connectivity index (χ2v) is 10.0. The van der Waals surface area contributed by atoms with Crippen LogP contribution in [0.3, 0.4) is 0 Å². The number of aliphatic imine (C=N–C) groups is 1. The lowest BCUT2D eigenvalue weighted by Crippen LogP contribution is -2.21. The molecular formula is C21H27Cl2N5O8S2. The van der Waals surface area contributed by atoms with Crippen LogP contribution < -0.4 is 21.9 Å². The number of ether oxygens (including phenoxy) is 1. The van der Waals surface area contributed by atoms with Gasteiger partial charge in [0.2, 0.25) is 0 Å². The zero-order valence-electron chi connectivity index (χ0n) is 19.9. The topological polar surface area (TPSA) is 249 Å². The summed E-state index contributed by atoms with van der Waals surface area (Å²) in [5.41, 5.74) is 17.7. The molecule has 0 radical (unpaired) electrons. The van der Waals surface area contributed by atoms with Gasteiger partial charge >= 0.3 is 5.97 Å². The normalized spacial score (nSPS) is 10.1. The third kappa shape index (κ3) is 16.3. The lowest BCUT2D eigenvalue weighted by Gasteiger charge is -2.07. The Morgan fingerprint density at radius 1 is 0.789 bits per heavy atom. The molecule has 38 heavy (non-hydrogen) atoms. The number of guanidine groups is 1. The van der Waals surface area contributed by atoms with Crippen molar-refractivity contribution in [3.8, 4) is 5.75 Å². The fourth-order valence-electron chi connectivity index (χ4n) is 2.44. The number of hydrogen-bond donors (Lipinski definition) is 6. The lowest BCUT2D eigenvalue weighted by molar-refractivity contribution is 0.0735. The summed E-state index contributed by atoms with van der Waals surface area (Å²) in [4.78, 5) is 16.2. The monoisotopic (exact) mass is 611 g/mol. The maximum atomic E-state index is 12.3. The van der Waals surface area contributed by atoms with Crippen LogP contribution in [0.4, 0.5) is 5.69 Å². The second-order valence-electron chi connectivity index (χ2n) is 7.08. The minimum atomic E-state index is -3.67. The SMILES string of the molecule is CS(=O)(=O)O.CS(=O)(=O)O.Cl.Cl.N=C(N)c1ccc2cc(OC(=O)c3ccc(N=C(N)N)cc3)ccc2c1. The molecular weight excluding hydrogens is 585 g/mol. The summed E-state index contributed by atoms with van der Waals surface area (Å²) in [5, 5.41) is 9.26. The standard InChI is InChI=1S/C19H17N5O2.2CH4O3S.2ClH/c20-17(21)14-2-1-13-10-16(8-5-12(13)9-14)26-18(25)11-3-6-15(7-4-11)24-19(22)23;2*1-5(2,3)4;;/h1-10H,(H3,20,21)(H4,22,23,24);2*1H3,(H,2,3,4);2*1H. The molecule has 0 saturated carbocycles. The smallest absolute Gasteiger partial charge is 0.343 e. The molecule has 3 aromatic carbocycles. The highest BCUT2D eigenvalue weighted by Gasteiger charge is 2.09. The summed E-state index contributed by atoms with van der Waals surface area (Å²) in [6, 6.07) is 17.1. The van der Waals surface area contributed by atoms with Crippen LogP contribution in [-0.4, -0.2) is 56.2 Å². The van der Waals surface area contributed by atoms with E-state index in [-0.39, 0.29) is 36.6 Å². The third-order valence-electron chi connectivity index (χ3n) is 3.69. The largest absolute Gasteiger partial charge is 0.423 e. The van der Waals surface area contributed by atoms with Crippen LogP contribution in [0.15, 0.2) is 65.7 Å². The molecule has 0 spiro atoms. The fraction of sp³-hybridized carbons (Fsp3) is 0.0952. The van der Waals surface area contributed by atoms with Gasteiger partial charge in [-0.25, -0.2) is 9.79 Å². The Morgan fingerprint density at radius 3 is 1.66 bits per heavy atom. The molecule has 0 unspecified atom stereocenters. The molecule has 0 aliphatic carbocycles. The molecule has 0 aliphatic rings. The van der Waals surface area contributed by atoms with E-state index in [2.05, 4.69) is 4.99 Å². The number of hydrogen-bond acceptors (Lipinski definition) is 8. The molecule has 3 aromatic rings. The predicted octanol–water partition coefficient (Wildman–Crippen LogP) is 2.10. The number of rotatable bonds is 4. The van der Waals surface area contributed by atoms with Crippen LogP contribution in [0.1, 0.15) is 15.9 Å². The van der Waals surface area contributed by atoms with Gasteiger partial charge in [-0.1, -0.05) is 18.2 Å². The number of nitrogens with one attached hydrogen (secondary N) is 1. The molecule has 0 amide bonds. The summed E-state index contributed by atoms with van der Waals surface area (Å²) in [5.74, 6) is -0.108. The Hall–Kier alpha value is -3.47. The number of amidine groups is 1. The van der Waals surface area contributed by atoms with E-state index in [0.29, 0.717) is 35.1 Å². The molecule has 0 saturated heterocycles. The average molecular weight is 613 g/mol. The maximum Gasteiger partial charge on any atom is 0.343 e. The maximum absolute atomic E-state index is 12.3. The van der Waals surface area contributed by atoms with E-state index in [4.69, 9.17) is 36.5 Å². The quantitative estimate of drug-likeness (QED) is 0.0818. The predicted molar refractivity (Wildman–Crippen MR) is 151 cm³/mol. The number of fused-ring (bicyclic) bond motifs is 1. The van der Waals surface area contributed by atoms with Crippen LogP contribution in [0.5, 0.6) is 5.75 Å². The molecule has 0 bridgehead atoms. The first-order chi connectivity index (χ1) is 16.4. The van der Waals surface area contributed by atoms with Crippen molar-refractivity contribution < 1.29 is 35.5 Å². The average Bonchev–Trinajstić information content (AvgIpc) is 2.71. The number of carbonyl (C=O) groups is 1. The Labute approximate surface area is 231 Å². The Morgan fingerprint density at radius 2 is 1.21 bits per heavy atom. The Bertz CT molecular complexity index is 1450. The molecule has 0 aromatic heterocycles. The molecule has 0 heterocycles. The summed E-state index contributed by atoms with van der Waals surface area (Å²) >= 11 is 0. The summed E-state index contributed by atoms with van der Waals surface area (Å²) in [7, 11) is -7.33. The lowest BCUT2D eigenvalue weighted by atomic mass is 10.1. The fourth-order valence-corrected chi connectivity index (χ4v) is 2.44. The highest BCUT2D eigenvalue weighted by molar-refractivity contribution is 7.85. The van der Waals surface area contributed by atoms with Crippen LogP contribution in [-0.2, 0) is 20.2 Å². The number of halogens is 2. The molecule has 13 nitrogen and oxygen atoms in total. The summed E-state index contributed by atoms with van der Waals surface area (Å²) in [6.45, 7) is 0. The van der Waals surface area contributed by atoms with E-state index in [1.165, 1.54) is 0 Å². The molecule has 17 heteroatoms. The van der Waals surface area contributed by atoms with Crippen LogP contribution >= 0.6 is 24.8 Å². The number of nitrogens with zero attached hydrogens (tertiary/aromatic N) is 1. The van der Waals surface area contributed by atoms with Gasteiger partial charge in [-0.05, 0) is 53.2 Å². The van der Waals surface area contributed by atoms with E-state index >= 15 is 0 Å². The number of benzene rings is 3. The Kier molecular flexibility index (Phi) is 15.2. The van der Waals surface area contributed by atoms with Gasteiger partial charge in [0.05, 0.1) is 23.8 Å². The summed E-state index contributed by atoms with van der Waals surface area (Å²) in [6.07, 6.45) is 1.43. The van der Waals surface area contributed by atoms with Crippen molar-refractivity contribution in [1.29, 1.82) is 5.41 Å². The van der Waals surface area contributed by atoms with Crippen LogP contribution in [0.2, 0.25) is 0 Å². The Balaban J connectivity index is 0. The van der Waals surface area contributed by atoms with Crippen LogP contribution in [0.25, 0.3) is 10.8 Å². The highest BCUT2D eigenvalue weighted by atomic mass is 35.5. The van der Waals surface area contributed by atoms with Crippen molar-refractivity contribution in [2.75, 3.05) is 12.5 Å². The van der Waals surface area contributed by atoms with Gasteiger partial charge in [-0.15, -0.1) is 24.8 Å². The van der Waals surface area contributed by atoms with E-state index in [0.717, 1.165) is 10.8 Å². The van der Waals surface area contributed by atoms with Gasteiger partial charge in [0.25, 0.3) is 20.2 Å². The van der Waals surface area contributed by atoms with Crippen molar-refractivity contribution in [1.82, 2.24) is 0 Å². The number of nitrogens with two attached hydrogens (primary N) is 3. The van der Waals surface area contributed by atoms with Crippen molar-refractivity contribution in [2.45, 2.75) is 0 Å². The first-order valence-electron chi connectivity index (χ1n) is 9.57. The number of esters is 1. The molecule has 0 atom stereocenters. The summed E-state index contributed by atoms with van der Waals surface area (Å²) < 4.78 is 57.2. The third-order valence-corrected chi connectivity index (χ3v) is 3.69. The van der Waals surface area contributed by atoms with Gasteiger partial charge < -0.3 is 21.9 Å². The van der Waals surface area contributed by atoms with Gasteiger partial charge in [0.1, 0.15) is 11.6 Å². The molecule has 0 fully saturated rings. The highest BCUT2D eigenvalue weighted by Crippen LogP contribution is 2.23. The van der Waals surface area contributed by atoms with E-state index < -0.39 is 26.2 Å². The van der Waals surface area contributed by atoms with Gasteiger partial charge in [0.15, 0.2) is 5.96 Å². The van der Waals surface area contributed by atoms with Crippen molar-refractivity contribution in [2.24, 2.45) is 22.2 Å². The van der Waals surface area contributed by atoms with Gasteiger partial charge in [-0.2, -0.15) is 16.8 Å². The first-order valence-corrected chi connectivity index (χ1v) is 13.3. The molecule has 0 aliphatic heterocycles. The minimum absolute atomic E-state index is 0. The van der Waals surface area contributed by atoms with E-state index in [9.17, 15) is 21.6 Å². The van der Waals surface area contributed by atoms with E-state index in [1.807, 2.05) is 18.2 Å². The zero-order chi connectivity index (χ0) is 27.7.